The van der Waals surface area contributed by atoms with Gasteiger partial charge in [0.15, 0.2) is 0 Å². The number of hydrogen-bond acceptors (Lipinski definition) is 3. The topological polar surface area (TPSA) is 33.3 Å². The summed E-state index contributed by atoms with van der Waals surface area (Å²) in [6.07, 6.45) is 2.24. The lowest BCUT2D eigenvalue weighted by molar-refractivity contribution is 0.199. The Bertz CT molecular complexity index is 365. The molecule has 3 heteroatoms. The van der Waals surface area contributed by atoms with Crippen molar-refractivity contribution in [3.05, 3.63) is 29.3 Å². The van der Waals surface area contributed by atoms with E-state index in [1.165, 1.54) is 16.8 Å². The minimum absolute atomic E-state index is 0.583. The number of fused-ring (bicyclic) bond motifs is 1. The van der Waals surface area contributed by atoms with Gasteiger partial charge in [0, 0.05) is 25.4 Å². The molecule has 0 fully saturated rings. The molecule has 2 rings (SSSR count). The van der Waals surface area contributed by atoms with E-state index in [4.69, 9.17) is 4.74 Å². The van der Waals surface area contributed by atoms with Crippen molar-refractivity contribution in [2.75, 3.05) is 32.1 Å². The number of anilines is 1. The van der Waals surface area contributed by atoms with Crippen LogP contribution in [0.4, 0.5) is 5.69 Å². The molecule has 3 nitrogen and oxygen atoms in total. The number of hydrogen-bond donors (Lipinski definition) is 2. The molecule has 17 heavy (non-hydrogen) atoms. The van der Waals surface area contributed by atoms with Gasteiger partial charge >= 0.3 is 0 Å². The summed E-state index contributed by atoms with van der Waals surface area (Å²) in [5.74, 6) is 0. The number of ether oxygens (including phenoxy) is 1. The zero-order valence-corrected chi connectivity index (χ0v) is 10.8. The SMILES string of the molecule is COCCNCCc1ccc2c(c1)CC(C)N2. The van der Waals surface area contributed by atoms with E-state index < -0.39 is 0 Å². The average molecular weight is 234 g/mol. The molecule has 0 radical (unpaired) electrons. The summed E-state index contributed by atoms with van der Waals surface area (Å²) in [7, 11) is 1.73. The second-order valence-corrected chi connectivity index (χ2v) is 4.73. The second-order valence-electron chi connectivity index (χ2n) is 4.73. The summed E-state index contributed by atoms with van der Waals surface area (Å²) in [5.41, 5.74) is 4.20. The zero-order chi connectivity index (χ0) is 12.1. The predicted octanol–water partition coefficient (Wildman–Crippen LogP) is 1.82. The highest BCUT2D eigenvalue weighted by Crippen LogP contribution is 2.26. The molecular weight excluding hydrogens is 212 g/mol. The molecule has 1 atom stereocenters. The van der Waals surface area contributed by atoms with E-state index in [1.54, 1.807) is 7.11 Å². The number of benzene rings is 1. The van der Waals surface area contributed by atoms with Crippen LogP contribution in [0.25, 0.3) is 0 Å². The summed E-state index contributed by atoms with van der Waals surface area (Å²) in [6.45, 7) is 4.96. The van der Waals surface area contributed by atoms with Crippen LogP contribution < -0.4 is 10.6 Å². The highest BCUT2D eigenvalue weighted by atomic mass is 16.5. The van der Waals surface area contributed by atoms with Crippen LogP contribution in [0.5, 0.6) is 0 Å². The Morgan fingerprint density at radius 1 is 1.41 bits per heavy atom. The Hall–Kier alpha value is -1.06. The standard InChI is InChI=1S/C14H22N2O/c1-11-9-13-10-12(3-4-14(13)16-11)5-6-15-7-8-17-2/h3-4,10-11,15-16H,5-9H2,1-2H3. The minimum Gasteiger partial charge on any atom is -0.383 e. The van der Waals surface area contributed by atoms with Gasteiger partial charge in [-0.15, -0.1) is 0 Å². The van der Waals surface area contributed by atoms with Gasteiger partial charge in [-0.2, -0.15) is 0 Å². The molecule has 0 spiro atoms. The quantitative estimate of drug-likeness (QED) is 0.737. The molecule has 0 aromatic heterocycles. The maximum absolute atomic E-state index is 5.00. The van der Waals surface area contributed by atoms with Gasteiger partial charge in [0.2, 0.25) is 0 Å². The van der Waals surface area contributed by atoms with E-state index in [1.807, 2.05) is 0 Å². The first-order chi connectivity index (χ1) is 8.29. The fraction of sp³-hybridized carbons (Fsp3) is 0.571. The zero-order valence-electron chi connectivity index (χ0n) is 10.8. The Morgan fingerprint density at radius 3 is 3.12 bits per heavy atom. The molecule has 0 amide bonds. The van der Waals surface area contributed by atoms with Gasteiger partial charge in [-0.25, -0.2) is 0 Å². The molecule has 1 aromatic rings. The van der Waals surface area contributed by atoms with E-state index in [2.05, 4.69) is 35.8 Å². The normalized spacial score (nSPS) is 17.9. The Labute approximate surface area is 104 Å². The van der Waals surface area contributed by atoms with Crippen LogP contribution in [-0.2, 0) is 17.6 Å². The maximum atomic E-state index is 5.00. The number of rotatable bonds is 6. The second kappa shape index (κ2) is 6.03. The molecule has 0 saturated heterocycles. The number of methoxy groups -OCH3 is 1. The highest BCUT2D eigenvalue weighted by molar-refractivity contribution is 5.57. The molecule has 1 aromatic carbocycles. The van der Waals surface area contributed by atoms with Gasteiger partial charge in [-0.3, -0.25) is 0 Å². The molecule has 2 N–H and O–H groups in total. The lowest BCUT2D eigenvalue weighted by atomic mass is 10.0. The molecule has 0 saturated carbocycles. The van der Waals surface area contributed by atoms with Gasteiger partial charge in [-0.05, 0) is 43.5 Å². The van der Waals surface area contributed by atoms with E-state index in [-0.39, 0.29) is 0 Å². The van der Waals surface area contributed by atoms with Crippen LogP contribution >= 0.6 is 0 Å². The van der Waals surface area contributed by atoms with Crippen molar-refractivity contribution >= 4 is 5.69 Å². The van der Waals surface area contributed by atoms with E-state index >= 15 is 0 Å². The molecule has 94 valence electrons. The molecule has 1 unspecified atom stereocenters. The minimum atomic E-state index is 0.583. The number of nitrogens with one attached hydrogen (secondary N) is 2. The third-order valence-corrected chi connectivity index (χ3v) is 3.17. The Kier molecular flexibility index (Phi) is 4.40. The maximum Gasteiger partial charge on any atom is 0.0587 e. The van der Waals surface area contributed by atoms with Crippen molar-refractivity contribution in [2.24, 2.45) is 0 Å². The predicted molar refractivity (Wildman–Crippen MR) is 71.7 cm³/mol. The van der Waals surface area contributed by atoms with Crippen molar-refractivity contribution in [2.45, 2.75) is 25.8 Å². The molecule has 1 aliphatic rings. The van der Waals surface area contributed by atoms with Crippen molar-refractivity contribution in [1.29, 1.82) is 0 Å². The monoisotopic (exact) mass is 234 g/mol. The third-order valence-electron chi connectivity index (χ3n) is 3.17. The fourth-order valence-electron chi connectivity index (χ4n) is 2.29. The van der Waals surface area contributed by atoms with Gasteiger partial charge in [0.25, 0.3) is 0 Å². The molecule has 1 aliphatic heterocycles. The van der Waals surface area contributed by atoms with Crippen LogP contribution in [-0.4, -0.2) is 32.8 Å². The largest absolute Gasteiger partial charge is 0.383 e. The molecule has 0 aliphatic carbocycles. The summed E-state index contributed by atoms with van der Waals surface area (Å²) >= 11 is 0. The van der Waals surface area contributed by atoms with Crippen LogP contribution in [0.15, 0.2) is 18.2 Å². The Morgan fingerprint density at radius 2 is 2.29 bits per heavy atom. The van der Waals surface area contributed by atoms with Crippen molar-refractivity contribution < 1.29 is 4.74 Å². The van der Waals surface area contributed by atoms with Crippen LogP contribution in [0.2, 0.25) is 0 Å². The van der Waals surface area contributed by atoms with Crippen LogP contribution in [0.1, 0.15) is 18.1 Å². The smallest absolute Gasteiger partial charge is 0.0587 e. The highest BCUT2D eigenvalue weighted by Gasteiger charge is 2.16. The van der Waals surface area contributed by atoms with Gasteiger partial charge < -0.3 is 15.4 Å². The van der Waals surface area contributed by atoms with Gasteiger partial charge in [0.1, 0.15) is 0 Å². The van der Waals surface area contributed by atoms with E-state index in [9.17, 15) is 0 Å². The lowest BCUT2D eigenvalue weighted by Crippen LogP contribution is -2.21. The molecule has 0 bridgehead atoms. The third kappa shape index (κ3) is 3.45. The van der Waals surface area contributed by atoms with Crippen LogP contribution in [0, 0.1) is 0 Å². The summed E-state index contributed by atoms with van der Waals surface area (Å²) in [6, 6.07) is 7.36. The van der Waals surface area contributed by atoms with E-state index in [0.29, 0.717) is 6.04 Å². The first-order valence-electron chi connectivity index (χ1n) is 6.37. The van der Waals surface area contributed by atoms with Crippen molar-refractivity contribution in [3.63, 3.8) is 0 Å². The molecular formula is C14H22N2O. The van der Waals surface area contributed by atoms with Gasteiger partial charge in [-0.1, -0.05) is 12.1 Å². The lowest BCUT2D eigenvalue weighted by Gasteiger charge is -2.06. The van der Waals surface area contributed by atoms with Crippen molar-refractivity contribution in [1.82, 2.24) is 5.32 Å². The summed E-state index contributed by atoms with van der Waals surface area (Å²) < 4.78 is 5.00. The summed E-state index contributed by atoms with van der Waals surface area (Å²) in [4.78, 5) is 0. The average Bonchev–Trinajstić information content (AvgIpc) is 2.68. The van der Waals surface area contributed by atoms with Crippen LogP contribution in [0.3, 0.4) is 0 Å². The first kappa shape index (κ1) is 12.4. The van der Waals surface area contributed by atoms with Crippen molar-refractivity contribution in [3.8, 4) is 0 Å². The first-order valence-corrected chi connectivity index (χ1v) is 6.37. The van der Waals surface area contributed by atoms with Gasteiger partial charge in [0.05, 0.1) is 6.61 Å². The fourth-order valence-corrected chi connectivity index (χ4v) is 2.29. The Balaban J connectivity index is 1.80. The summed E-state index contributed by atoms with van der Waals surface area (Å²) in [5, 5.41) is 6.85. The molecule has 1 heterocycles. The van der Waals surface area contributed by atoms with E-state index in [0.717, 1.165) is 32.5 Å².